The van der Waals surface area contributed by atoms with Gasteiger partial charge in [-0.2, -0.15) is 0 Å². The van der Waals surface area contributed by atoms with Crippen LogP contribution in [0.3, 0.4) is 0 Å². The molecule has 3 N–H and O–H groups in total. The predicted octanol–water partition coefficient (Wildman–Crippen LogP) is 2.15. The highest BCUT2D eigenvalue weighted by Gasteiger charge is 2.24. The minimum absolute atomic E-state index is 0.0110. The van der Waals surface area contributed by atoms with Crippen LogP contribution in [0.5, 0.6) is 0 Å². The molecule has 0 radical (unpaired) electrons. The number of amides is 1. The van der Waals surface area contributed by atoms with Crippen molar-refractivity contribution in [3.63, 3.8) is 0 Å². The zero-order valence-electron chi connectivity index (χ0n) is 19.5. The Morgan fingerprint density at radius 1 is 1.24 bits per heavy atom. The average molecular weight is 488 g/mol. The number of pyridine rings is 1. The summed E-state index contributed by atoms with van der Waals surface area (Å²) in [6, 6.07) is 8.43. The van der Waals surface area contributed by atoms with Crippen LogP contribution in [-0.2, 0) is 21.2 Å². The number of anilines is 2. The molecule has 4 rings (SSSR count). The molecule has 0 spiro atoms. The summed E-state index contributed by atoms with van der Waals surface area (Å²) in [5.74, 6) is 0.264. The van der Waals surface area contributed by atoms with Crippen LogP contribution in [0.4, 0.5) is 11.5 Å². The first kappa shape index (κ1) is 24.4. The number of carbonyl (C=O) groups is 1. The van der Waals surface area contributed by atoms with Gasteiger partial charge in [-0.15, -0.1) is 0 Å². The summed E-state index contributed by atoms with van der Waals surface area (Å²) in [7, 11) is -3.82. The molecule has 3 heterocycles. The Labute approximate surface area is 201 Å². The second kappa shape index (κ2) is 11.2. The van der Waals surface area contributed by atoms with E-state index < -0.39 is 10.0 Å². The van der Waals surface area contributed by atoms with E-state index in [2.05, 4.69) is 27.3 Å². The number of hydrogen-bond donors (Lipinski definition) is 3. The number of rotatable bonds is 9. The fourth-order valence-corrected chi connectivity index (χ4v) is 5.29. The number of sulfonamides is 1. The lowest BCUT2D eigenvalue weighted by Crippen LogP contribution is -2.45. The summed E-state index contributed by atoms with van der Waals surface area (Å²) in [5, 5.41) is 6.23. The van der Waals surface area contributed by atoms with Gasteiger partial charge in [0.05, 0.1) is 28.4 Å². The lowest BCUT2D eigenvalue weighted by Gasteiger charge is -2.30. The molecular formula is C24H33N5O4S. The van der Waals surface area contributed by atoms with E-state index in [1.807, 2.05) is 17.0 Å². The van der Waals surface area contributed by atoms with Crippen LogP contribution in [0.2, 0.25) is 0 Å². The van der Waals surface area contributed by atoms with Gasteiger partial charge in [0.25, 0.3) is 15.9 Å². The van der Waals surface area contributed by atoms with Crippen molar-refractivity contribution in [1.82, 2.24) is 15.6 Å². The normalized spacial score (nSPS) is 18.6. The van der Waals surface area contributed by atoms with Gasteiger partial charge >= 0.3 is 0 Å². The van der Waals surface area contributed by atoms with E-state index in [4.69, 9.17) is 4.74 Å². The number of nitrogens with one attached hydrogen (secondary N) is 3. The molecule has 1 aromatic carbocycles. The number of aromatic nitrogens is 1. The first-order valence-corrected chi connectivity index (χ1v) is 13.4. The molecule has 0 saturated carbocycles. The van der Waals surface area contributed by atoms with Crippen LogP contribution >= 0.6 is 0 Å². The smallest absolute Gasteiger partial charge is 0.261 e. The summed E-state index contributed by atoms with van der Waals surface area (Å²) in [6.07, 6.45) is 5.28. The molecule has 9 nitrogen and oxygen atoms in total. The minimum atomic E-state index is -3.82. The molecule has 2 fully saturated rings. The van der Waals surface area contributed by atoms with Crippen LogP contribution in [0, 0.1) is 0 Å². The number of nitrogens with zero attached hydrogens (tertiary/aromatic N) is 2. The van der Waals surface area contributed by atoms with Crippen molar-refractivity contribution in [3.05, 3.63) is 47.7 Å². The zero-order chi connectivity index (χ0) is 24.0. The van der Waals surface area contributed by atoms with Gasteiger partial charge in [-0.25, -0.2) is 13.4 Å². The van der Waals surface area contributed by atoms with Gasteiger partial charge in [-0.3, -0.25) is 9.52 Å². The molecule has 2 aliphatic rings. The van der Waals surface area contributed by atoms with E-state index in [1.54, 1.807) is 18.2 Å². The molecule has 10 heteroatoms. The van der Waals surface area contributed by atoms with E-state index in [0.717, 1.165) is 44.3 Å². The molecule has 1 amide bonds. The van der Waals surface area contributed by atoms with E-state index >= 15 is 0 Å². The van der Waals surface area contributed by atoms with Crippen molar-refractivity contribution in [1.29, 1.82) is 0 Å². The fraction of sp³-hybridized carbons (Fsp3) is 0.500. The SMILES string of the molecule is CCCc1ccc(S(=O)(=O)Nc2cnc(N3CCNCC3)c(C(=O)NCC3CCCO3)c2)cc1. The molecule has 0 aliphatic carbocycles. The lowest BCUT2D eigenvalue weighted by atomic mass is 10.1. The van der Waals surface area contributed by atoms with Crippen molar-refractivity contribution in [2.75, 3.05) is 49.0 Å². The third-order valence-electron chi connectivity index (χ3n) is 6.07. The number of carbonyl (C=O) groups excluding carboxylic acids is 1. The van der Waals surface area contributed by atoms with Crippen LogP contribution in [-0.4, -0.2) is 64.7 Å². The minimum Gasteiger partial charge on any atom is -0.376 e. The highest BCUT2D eigenvalue weighted by Crippen LogP contribution is 2.24. The first-order chi connectivity index (χ1) is 16.5. The van der Waals surface area contributed by atoms with Gasteiger partial charge in [0.15, 0.2) is 0 Å². The average Bonchev–Trinajstić information content (AvgIpc) is 3.37. The van der Waals surface area contributed by atoms with E-state index in [0.29, 0.717) is 37.6 Å². The quantitative estimate of drug-likeness (QED) is 0.497. The van der Waals surface area contributed by atoms with Crippen LogP contribution in [0.1, 0.15) is 42.1 Å². The highest BCUT2D eigenvalue weighted by molar-refractivity contribution is 7.92. The van der Waals surface area contributed by atoms with Gasteiger partial charge in [0.1, 0.15) is 5.82 Å². The fourth-order valence-electron chi connectivity index (χ4n) is 4.25. The van der Waals surface area contributed by atoms with Crippen molar-refractivity contribution >= 4 is 27.4 Å². The summed E-state index contributed by atoms with van der Waals surface area (Å²) in [6.45, 7) is 6.23. The van der Waals surface area contributed by atoms with Crippen LogP contribution < -0.4 is 20.3 Å². The Morgan fingerprint density at radius 2 is 2.00 bits per heavy atom. The molecule has 2 aliphatic heterocycles. The molecule has 1 atom stereocenters. The Morgan fingerprint density at radius 3 is 2.68 bits per heavy atom. The van der Waals surface area contributed by atoms with Gasteiger partial charge in [0.2, 0.25) is 0 Å². The van der Waals surface area contributed by atoms with Crippen molar-refractivity contribution in [2.45, 2.75) is 43.6 Å². The summed E-state index contributed by atoms with van der Waals surface area (Å²) in [4.78, 5) is 19.8. The maximum Gasteiger partial charge on any atom is 0.261 e. The number of benzene rings is 1. The third kappa shape index (κ3) is 6.05. The largest absolute Gasteiger partial charge is 0.376 e. The Kier molecular flexibility index (Phi) is 8.02. The standard InChI is InChI=1S/C24H33N5O4S/c1-2-4-18-6-8-21(9-7-18)34(31,32)28-19-15-22(24(30)27-17-20-5-3-14-33-20)23(26-16-19)29-12-10-25-11-13-29/h6-9,15-16,20,25,28H,2-5,10-14,17H2,1H3,(H,27,30). The van der Waals surface area contributed by atoms with Gasteiger partial charge in [-0.1, -0.05) is 25.5 Å². The summed E-state index contributed by atoms with van der Waals surface area (Å²) >= 11 is 0. The Hall–Kier alpha value is -2.69. The highest BCUT2D eigenvalue weighted by atomic mass is 32.2. The van der Waals surface area contributed by atoms with Gasteiger partial charge in [0, 0.05) is 39.3 Å². The molecule has 1 unspecified atom stereocenters. The van der Waals surface area contributed by atoms with Crippen molar-refractivity contribution in [3.8, 4) is 0 Å². The lowest BCUT2D eigenvalue weighted by molar-refractivity contribution is 0.0858. The second-order valence-corrected chi connectivity index (χ2v) is 10.4. The first-order valence-electron chi connectivity index (χ1n) is 11.9. The number of aryl methyl sites for hydroxylation is 1. The number of ether oxygens (including phenoxy) is 1. The molecule has 184 valence electrons. The maximum atomic E-state index is 13.1. The predicted molar refractivity (Wildman–Crippen MR) is 132 cm³/mol. The van der Waals surface area contributed by atoms with Crippen molar-refractivity contribution in [2.24, 2.45) is 0 Å². The van der Waals surface area contributed by atoms with E-state index in [1.165, 1.54) is 6.20 Å². The number of hydrogen-bond acceptors (Lipinski definition) is 7. The second-order valence-electron chi connectivity index (χ2n) is 8.68. The van der Waals surface area contributed by atoms with Crippen molar-refractivity contribution < 1.29 is 17.9 Å². The molecule has 2 saturated heterocycles. The third-order valence-corrected chi connectivity index (χ3v) is 7.46. The number of piperazine rings is 1. The zero-order valence-corrected chi connectivity index (χ0v) is 20.4. The Bertz CT molecular complexity index is 1080. The maximum absolute atomic E-state index is 13.1. The van der Waals surface area contributed by atoms with Gasteiger partial charge in [-0.05, 0) is 43.0 Å². The molecule has 2 aromatic rings. The van der Waals surface area contributed by atoms with E-state index in [-0.39, 0.29) is 22.6 Å². The Balaban J connectivity index is 1.55. The van der Waals surface area contributed by atoms with E-state index in [9.17, 15) is 13.2 Å². The summed E-state index contributed by atoms with van der Waals surface area (Å²) < 4.78 is 34.1. The summed E-state index contributed by atoms with van der Waals surface area (Å²) in [5.41, 5.74) is 1.69. The molecule has 0 bridgehead atoms. The molecular weight excluding hydrogens is 454 g/mol. The van der Waals surface area contributed by atoms with Crippen LogP contribution in [0.25, 0.3) is 0 Å². The monoisotopic (exact) mass is 487 g/mol. The van der Waals surface area contributed by atoms with Gasteiger partial charge < -0.3 is 20.3 Å². The van der Waals surface area contributed by atoms with Crippen LogP contribution in [0.15, 0.2) is 41.4 Å². The topological polar surface area (TPSA) is 113 Å². The molecule has 1 aromatic heterocycles. The molecule has 34 heavy (non-hydrogen) atoms.